The molecule has 1 heterocycles. The number of carbonyl (C=O) groups is 3. The minimum absolute atomic E-state index is 0.425. The molecule has 0 aliphatic heterocycles. The highest BCUT2D eigenvalue weighted by molar-refractivity contribution is 6.49. The normalized spacial score (nSPS) is 14.6. The van der Waals surface area contributed by atoms with Gasteiger partial charge in [0.25, 0.3) is 5.56 Å². The van der Waals surface area contributed by atoms with E-state index in [1.165, 1.54) is 7.05 Å². The molecule has 0 spiro atoms. The average molecular weight is 306 g/mol. The summed E-state index contributed by atoms with van der Waals surface area (Å²) >= 11 is 0. The van der Waals surface area contributed by atoms with Crippen molar-refractivity contribution < 1.29 is 24.6 Å². The van der Waals surface area contributed by atoms with Gasteiger partial charge in [0.1, 0.15) is 5.56 Å². The number of rotatable bonds is 2. The van der Waals surface area contributed by atoms with Gasteiger partial charge in [0, 0.05) is 25.7 Å². The van der Waals surface area contributed by atoms with Crippen molar-refractivity contribution in [3.05, 3.63) is 44.1 Å². The second-order valence-corrected chi connectivity index (χ2v) is 4.55. The summed E-state index contributed by atoms with van der Waals surface area (Å²) in [4.78, 5) is 57.8. The summed E-state index contributed by atoms with van der Waals surface area (Å²) in [5.74, 6) is -4.44. The van der Waals surface area contributed by atoms with E-state index in [1.54, 1.807) is 0 Å². The third-order valence-electron chi connectivity index (χ3n) is 3.22. The third-order valence-corrected chi connectivity index (χ3v) is 3.22. The lowest BCUT2D eigenvalue weighted by Gasteiger charge is -2.15. The van der Waals surface area contributed by atoms with Gasteiger partial charge in [-0.25, -0.2) is 9.59 Å². The van der Waals surface area contributed by atoms with Crippen LogP contribution in [0.2, 0.25) is 0 Å². The highest BCUT2D eigenvalue weighted by Crippen LogP contribution is 2.28. The zero-order valence-electron chi connectivity index (χ0n) is 11.5. The summed E-state index contributed by atoms with van der Waals surface area (Å²) in [5.41, 5.74) is -3.40. The molecule has 1 aromatic rings. The van der Waals surface area contributed by atoms with Crippen LogP contribution in [0.4, 0.5) is 0 Å². The quantitative estimate of drug-likeness (QED) is 0.493. The van der Waals surface area contributed by atoms with Crippen LogP contribution in [-0.4, -0.2) is 36.9 Å². The van der Waals surface area contributed by atoms with E-state index in [0.29, 0.717) is 16.7 Å². The van der Waals surface area contributed by atoms with Crippen LogP contribution in [0.25, 0.3) is 5.57 Å². The van der Waals surface area contributed by atoms with Crippen LogP contribution < -0.4 is 11.2 Å². The Morgan fingerprint density at radius 1 is 1.00 bits per heavy atom. The van der Waals surface area contributed by atoms with Crippen LogP contribution in [0, 0.1) is 0 Å². The van der Waals surface area contributed by atoms with Gasteiger partial charge in [-0.05, 0) is 6.08 Å². The van der Waals surface area contributed by atoms with Crippen LogP contribution in [0.1, 0.15) is 5.56 Å². The van der Waals surface area contributed by atoms with Gasteiger partial charge in [0.05, 0.1) is 5.57 Å². The molecule has 0 aromatic carbocycles. The molecule has 0 radical (unpaired) electrons. The number of aliphatic carboxylic acids is 1. The molecule has 1 aromatic heterocycles. The summed E-state index contributed by atoms with van der Waals surface area (Å²) in [6, 6.07) is 0. The van der Waals surface area contributed by atoms with Crippen LogP contribution >= 0.6 is 0 Å². The van der Waals surface area contributed by atoms with Crippen molar-refractivity contribution in [3.8, 4) is 5.88 Å². The summed E-state index contributed by atoms with van der Waals surface area (Å²) < 4.78 is 1.37. The number of ketones is 2. The molecule has 2 rings (SSSR count). The minimum atomic E-state index is -1.55. The molecule has 114 valence electrons. The Labute approximate surface area is 122 Å². The number of allylic oxidation sites excluding steroid dienone is 2. The van der Waals surface area contributed by atoms with Crippen LogP contribution in [-0.2, 0) is 28.5 Å². The second kappa shape index (κ2) is 4.95. The van der Waals surface area contributed by atoms with E-state index in [1.807, 2.05) is 0 Å². The van der Waals surface area contributed by atoms with E-state index in [-0.39, 0.29) is 0 Å². The molecule has 0 amide bonds. The second-order valence-electron chi connectivity index (χ2n) is 4.55. The maximum absolute atomic E-state index is 12.2. The number of aromatic hydroxyl groups is 1. The van der Waals surface area contributed by atoms with Crippen LogP contribution in [0.5, 0.6) is 5.88 Å². The Kier molecular flexibility index (Phi) is 3.41. The van der Waals surface area contributed by atoms with E-state index < -0.39 is 51.4 Å². The smallest absolute Gasteiger partial charge is 0.336 e. The van der Waals surface area contributed by atoms with Gasteiger partial charge in [-0.15, -0.1) is 0 Å². The Morgan fingerprint density at radius 3 is 2.09 bits per heavy atom. The first-order chi connectivity index (χ1) is 10.2. The Balaban J connectivity index is 2.90. The van der Waals surface area contributed by atoms with Crippen molar-refractivity contribution in [1.29, 1.82) is 0 Å². The van der Waals surface area contributed by atoms with Crippen molar-refractivity contribution in [2.24, 2.45) is 14.1 Å². The van der Waals surface area contributed by atoms with E-state index in [4.69, 9.17) is 5.11 Å². The lowest BCUT2D eigenvalue weighted by Crippen LogP contribution is -2.39. The van der Waals surface area contributed by atoms with Gasteiger partial charge in [-0.1, -0.05) is 0 Å². The van der Waals surface area contributed by atoms with Crippen molar-refractivity contribution in [1.82, 2.24) is 9.13 Å². The first kappa shape index (κ1) is 15.2. The zero-order valence-corrected chi connectivity index (χ0v) is 11.5. The first-order valence-corrected chi connectivity index (χ1v) is 5.91. The van der Waals surface area contributed by atoms with Crippen LogP contribution in [0.3, 0.4) is 0 Å². The molecule has 2 N–H and O–H groups in total. The van der Waals surface area contributed by atoms with Crippen LogP contribution in [0.15, 0.2) is 27.3 Å². The van der Waals surface area contributed by atoms with Gasteiger partial charge in [-0.2, -0.15) is 0 Å². The number of hydrogen-bond donors (Lipinski definition) is 2. The Hall–Kier alpha value is -3.23. The molecule has 0 fully saturated rings. The van der Waals surface area contributed by atoms with Crippen molar-refractivity contribution >= 4 is 23.1 Å². The van der Waals surface area contributed by atoms with Crippen molar-refractivity contribution in [3.63, 3.8) is 0 Å². The number of nitrogens with zero attached hydrogens (tertiary/aromatic N) is 2. The van der Waals surface area contributed by atoms with Gasteiger partial charge in [0.15, 0.2) is 0 Å². The number of hydrogen-bond acceptors (Lipinski definition) is 6. The maximum Gasteiger partial charge on any atom is 0.336 e. The minimum Gasteiger partial charge on any atom is -0.494 e. The highest BCUT2D eigenvalue weighted by Gasteiger charge is 2.30. The predicted octanol–water partition coefficient (Wildman–Crippen LogP) is -1.66. The number of carboxylic acids is 1. The molecular formula is C13H10N2O7. The molecule has 9 nitrogen and oxygen atoms in total. The van der Waals surface area contributed by atoms with Gasteiger partial charge in [0.2, 0.25) is 17.4 Å². The molecule has 0 unspecified atom stereocenters. The first-order valence-electron chi connectivity index (χ1n) is 5.91. The monoisotopic (exact) mass is 306 g/mol. The summed E-state index contributed by atoms with van der Waals surface area (Å²) in [6.45, 7) is 0. The molecular weight excluding hydrogens is 296 g/mol. The lowest BCUT2D eigenvalue weighted by atomic mass is 9.91. The molecule has 1 aliphatic carbocycles. The van der Waals surface area contributed by atoms with Gasteiger partial charge in [-0.3, -0.25) is 23.5 Å². The summed E-state index contributed by atoms with van der Waals surface area (Å²) in [6.07, 6.45) is 1.23. The maximum atomic E-state index is 12.2. The zero-order chi connectivity index (χ0) is 16.8. The fourth-order valence-electron chi connectivity index (χ4n) is 2.01. The Bertz CT molecular complexity index is 912. The van der Waals surface area contributed by atoms with E-state index in [9.17, 15) is 29.1 Å². The van der Waals surface area contributed by atoms with Gasteiger partial charge < -0.3 is 10.2 Å². The molecule has 1 aliphatic rings. The lowest BCUT2D eigenvalue weighted by molar-refractivity contribution is -0.133. The molecule has 22 heavy (non-hydrogen) atoms. The molecule has 0 bridgehead atoms. The van der Waals surface area contributed by atoms with E-state index in [0.717, 1.165) is 11.6 Å². The Morgan fingerprint density at radius 2 is 1.55 bits per heavy atom. The fraction of sp³-hybridized carbons (Fsp3) is 0.154. The number of aromatic nitrogens is 2. The van der Waals surface area contributed by atoms with Crippen molar-refractivity contribution in [2.45, 2.75) is 0 Å². The highest BCUT2D eigenvalue weighted by atomic mass is 16.4. The summed E-state index contributed by atoms with van der Waals surface area (Å²) in [5, 5.41) is 19.1. The standard InChI is InChI=1S/C13H10N2O7/c1-14-10(18)9(11(19)15(2)13(14)22)5-3-7(16)8(17)4-6(5)12(20)21/h3-4,18H,1-2H3,(H,20,21). The van der Waals surface area contributed by atoms with E-state index >= 15 is 0 Å². The van der Waals surface area contributed by atoms with Gasteiger partial charge >= 0.3 is 11.7 Å². The SMILES string of the molecule is Cn1c(O)c(C2=CC(=O)C(=O)C=C2C(=O)O)c(=O)n(C)c1=O. The topological polar surface area (TPSA) is 136 Å². The fourth-order valence-corrected chi connectivity index (χ4v) is 2.01. The number of carboxylic acid groups (broad SMARTS) is 1. The number of carbonyl (C=O) groups excluding carboxylic acids is 2. The predicted molar refractivity (Wildman–Crippen MR) is 72.3 cm³/mol. The van der Waals surface area contributed by atoms with Crippen molar-refractivity contribution in [2.75, 3.05) is 0 Å². The molecule has 0 saturated heterocycles. The third kappa shape index (κ3) is 2.08. The van der Waals surface area contributed by atoms with E-state index in [2.05, 4.69) is 0 Å². The largest absolute Gasteiger partial charge is 0.494 e. The molecule has 0 saturated carbocycles. The molecule has 9 heteroatoms. The summed E-state index contributed by atoms with van der Waals surface area (Å²) in [7, 11) is 2.30. The molecule has 0 atom stereocenters. The average Bonchev–Trinajstić information content (AvgIpc) is 2.46.